The summed E-state index contributed by atoms with van der Waals surface area (Å²) in [6.45, 7) is 2.73. The number of carbonyl (C=O) groups is 1. The minimum atomic E-state index is -0.190. The second-order valence-electron chi connectivity index (χ2n) is 5.25. The van der Waals surface area contributed by atoms with Crippen LogP contribution in [0.5, 0.6) is 17.2 Å². The third kappa shape index (κ3) is 6.23. The van der Waals surface area contributed by atoms with Crippen molar-refractivity contribution in [2.45, 2.75) is 17.1 Å². The van der Waals surface area contributed by atoms with Crippen LogP contribution >= 0.6 is 11.8 Å². The molecule has 0 saturated heterocycles. The molecule has 0 aromatic heterocycles. The van der Waals surface area contributed by atoms with E-state index in [4.69, 9.17) is 14.2 Å². The highest BCUT2D eigenvalue weighted by Gasteiger charge is 2.13. The van der Waals surface area contributed by atoms with Gasteiger partial charge in [-0.3, -0.25) is 4.79 Å². The minimum Gasteiger partial charge on any atom is -0.497 e. The van der Waals surface area contributed by atoms with Crippen molar-refractivity contribution in [3.05, 3.63) is 48.5 Å². The molecule has 0 heterocycles. The lowest BCUT2D eigenvalue weighted by Gasteiger charge is -2.13. The fourth-order valence-electron chi connectivity index (χ4n) is 2.09. The van der Waals surface area contributed by atoms with E-state index in [1.165, 1.54) is 11.8 Å². The highest BCUT2D eigenvalue weighted by molar-refractivity contribution is 8.00. The molecule has 5 nitrogen and oxygen atoms in total. The summed E-state index contributed by atoms with van der Waals surface area (Å²) >= 11 is 1.51. The average molecular weight is 361 g/mol. The number of methoxy groups -OCH3 is 2. The number of amides is 1. The Hall–Kier alpha value is -2.34. The zero-order valence-electron chi connectivity index (χ0n) is 14.7. The van der Waals surface area contributed by atoms with Crippen molar-refractivity contribution in [3.8, 4) is 17.2 Å². The first-order chi connectivity index (χ1) is 12.1. The largest absolute Gasteiger partial charge is 0.497 e. The maximum absolute atomic E-state index is 12.2. The van der Waals surface area contributed by atoms with Crippen LogP contribution in [0.2, 0.25) is 0 Å². The first-order valence-electron chi connectivity index (χ1n) is 7.97. The molecule has 0 aliphatic heterocycles. The summed E-state index contributed by atoms with van der Waals surface area (Å²) in [6.07, 6.45) is 0. The van der Waals surface area contributed by atoms with Crippen molar-refractivity contribution >= 4 is 17.7 Å². The molecular weight excluding hydrogens is 338 g/mol. The van der Waals surface area contributed by atoms with Gasteiger partial charge in [0, 0.05) is 11.0 Å². The molecule has 0 radical (unpaired) electrons. The summed E-state index contributed by atoms with van der Waals surface area (Å²) in [5, 5.41) is 2.69. The number of rotatable bonds is 9. The molecular formula is C19H23NO4S. The Labute approximate surface area is 152 Å². The zero-order chi connectivity index (χ0) is 18.1. The third-order valence-corrected chi connectivity index (χ3v) is 4.56. The second-order valence-corrected chi connectivity index (χ2v) is 6.67. The van der Waals surface area contributed by atoms with E-state index < -0.39 is 0 Å². The first kappa shape index (κ1) is 19.0. The fraction of sp³-hybridized carbons (Fsp3) is 0.316. The fourth-order valence-corrected chi connectivity index (χ4v) is 2.98. The SMILES string of the molecule is COc1ccc(S[C@H](C)C(=O)NCCOc2cccc(OC)c2)cc1. The number of thioether (sulfide) groups is 1. The summed E-state index contributed by atoms with van der Waals surface area (Å²) in [5.74, 6) is 2.24. The van der Waals surface area contributed by atoms with E-state index in [1.54, 1.807) is 14.2 Å². The van der Waals surface area contributed by atoms with Gasteiger partial charge < -0.3 is 19.5 Å². The average Bonchev–Trinajstić information content (AvgIpc) is 2.65. The van der Waals surface area contributed by atoms with Gasteiger partial charge in [-0.25, -0.2) is 0 Å². The highest BCUT2D eigenvalue weighted by atomic mass is 32.2. The smallest absolute Gasteiger partial charge is 0.233 e. The Balaban J connectivity index is 1.71. The number of benzene rings is 2. The van der Waals surface area contributed by atoms with Crippen molar-refractivity contribution in [2.24, 2.45) is 0 Å². The normalized spacial score (nSPS) is 11.5. The lowest BCUT2D eigenvalue weighted by molar-refractivity contribution is -0.120. The molecule has 2 aromatic rings. The number of hydrogen-bond donors (Lipinski definition) is 1. The molecule has 2 aromatic carbocycles. The molecule has 6 heteroatoms. The monoisotopic (exact) mass is 361 g/mol. The Morgan fingerprint density at radius 1 is 1.04 bits per heavy atom. The number of carbonyl (C=O) groups excluding carboxylic acids is 1. The van der Waals surface area contributed by atoms with Gasteiger partial charge in [0.15, 0.2) is 0 Å². The van der Waals surface area contributed by atoms with Crippen LogP contribution in [0.3, 0.4) is 0 Å². The van der Waals surface area contributed by atoms with Gasteiger partial charge in [-0.15, -0.1) is 11.8 Å². The maximum Gasteiger partial charge on any atom is 0.233 e. The molecule has 1 atom stereocenters. The standard InChI is InChI=1S/C19H23NO4S/c1-14(25-18-9-7-15(22-2)8-10-18)19(21)20-11-12-24-17-6-4-5-16(13-17)23-3/h4-10,13-14H,11-12H2,1-3H3,(H,20,21)/t14-/m1/s1. The Bertz CT molecular complexity index is 675. The van der Waals surface area contributed by atoms with Crippen molar-refractivity contribution in [1.29, 1.82) is 0 Å². The lowest BCUT2D eigenvalue weighted by atomic mass is 10.3. The molecule has 1 amide bonds. The van der Waals surface area contributed by atoms with E-state index in [0.29, 0.717) is 18.9 Å². The topological polar surface area (TPSA) is 56.8 Å². The van der Waals surface area contributed by atoms with E-state index in [-0.39, 0.29) is 11.2 Å². The Morgan fingerprint density at radius 2 is 1.72 bits per heavy atom. The van der Waals surface area contributed by atoms with E-state index >= 15 is 0 Å². The molecule has 1 N–H and O–H groups in total. The summed E-state index contributed by atoms with van der Waals surface area (Å²) in [6, 6.07) is 15.0. The third-order valence-electron chi connectivity index (χ3n) is 3.45. The summed E-state index contributed by atoms with van der Waals surface area (Å²) in [7, 11) is 3.24. The van der Waals surface area contributed by atoms with Crippen molar-refractivity contribution in [1.82, 2.24) is 5.32 Å². The van der Waals surface area contributed by atoms with E-state index in [9.17, 15) is 4.79 Å². The van der Waals surface area contributed by atoms with Gasteiger partial charge in [-0.2, -0.15) is 0 Å². The van der Waals surface area contributed by atoms with Crippen LogP contribution in [0.25, 0.3) is 0 Å². The van der Waals surface area contributed by atoms with Crippen LogP contribution in [-0.2, 0) is 4.79 Å². The second kappa shape index (κ2) is 9.84. The molecule has 0 aliphatic rings. The predicted octanol–water partition coefficient (Wildman–Crippen LogP) is 3.38. The molecule has 0 spiro atoms. The van der Waals surface area contributed by atoms with Crippen molar-refractivity contribution < 1.29 is 19.0 Å². The quantitative estimate of drug-likeness (QED) is 0.548. The minimum absolute atomic E-state index is 0.0185. The van der Waals surface area contributed by atoms with Crippen LogP contribution in [0.4, 0.5) is 0 Å². The number of hydrogen-bond acceptors (Lipinski definition) is 5. The number of ether oxygens (including phenoxy) is 3. The molecule has 2 rings (SSSR count). The maximum atomic E-state index is 12.2. The van der Waals surface area contributed by atoms with Gasteiger partial charge >= 0.3 is 0 Å². The van der Waals surface area contributed by atoms with Gasteiger partial charge in [0.1, 0.15) is 23.9 Å². The molecule has 25 heavy (non-hydrogen) atoms. The van der Waals surface area contributed by atoms with E-state index in [1.807, 2.05) is 55.5 Å². The van der Waals surface area contributed by atoms with Crippen molar-refractivity contribution in [2.75, 3.05) is 27.4 Å². The predicted molar refractivity (Wildman–Crippen MR) is 99.8 cm³/mol. The highest BCUT2D eigenvalue weighted by Crippen LogP contribution is 2.25. The molecule has 0 saturated carbocycles. The Morgan fingerprint density at radius 3 is 2.40 bits per heavy atom. The summed E-state index contributed by atoms with van der Waals surface area (Å²) in [5.41, 5.74) is 0. The van der Waals surface area contributed by atoms with Crippen LogP contribution in [-0.4, -0.2) is 38.5 Å². The summed E-state index contributed by atoms with van der Waals surface area (Å²) in [4.78, 5) is 13.2. The van der Waals surface area contributed by atoms with Crippen LogP contribution in [0, 0.1) is 0 Å². The van der Waals surface area contributed by atoms with E-state index in [2.05, 4.69) is 5.32 Å². The van der Waals surface area contributed by atoms with Gasteiger partial charge in [0.05, 0.1) is 26.0 Å². The zero-order valence-corrected chi connectivity index (χ0v) is 15.5. The van der Waals surface area contributed by atoms with Crippen LogP contribution in [0.1, 0.15) is 6.92 Å². The Kier molecular flexibility index (Phi) is 7.47. The molecule has 0 bridgehead atoms. The molecule has 0 fully saturated rings. The van der Waals surface area contributed by atoms with Gasteiger partial charge in [-0.05, 0) is 43.3 Å². The van der Waals surface area contributed by atoms with E-state index in [0.717, 1.165) is 16.4 Å². The van der Waals surface area contributed by atoms with Crippen LogP contribution in [0.15, 0.2) is 53.4 Å². The van der Waals surface area contributed by atoms with Gasteiger partial charge in [0.2, 0.25) is 5.91 Å². The number of nitrogens with one attached hydrogen (secondary N) is 1. The first-order valence-corrected chi connectivity index (χ1v) is 8.85. The van der Waals surface area contributed by atoms with Crippen molar-refractivity contribution in [3.63, 3.8) is 0 Å². The summed E-state index contributed by atoms with van der Waals surface area (Å²) < 4.78 is 15.9. The van der Waals surface area contributed by atoms with Crippen LogP contribution < -0.4 is 19.5 Å². The molecule has 0 aliphatic carbocycles. The van der Waals surface area contributed by atoms with Gasteiger partial charge in [-0.1, -0.05) is 6.07 Å². The lowest BCUT2D eigenvalue weighted by Crippen LogP contribution is -2.33. The van der Waals surface area contributed by atoms with Gasteiger partial charge in [0.25, 0.3) is 0 Å². The molecule has 134 valence electrons. The molecule has 0 unspecified atom stereocenters.